The summed E-state index contributed by atoms with van der Waals surface area (Å²) in [6.07, 6.45) is 2.90. The summed E-state index contributed by atoms with van der Waals surface area (Å²) in [7, 11) is 0. The summed E-state index contributed by atoms with van der Waals surface area (Å²) in [5.74, 6) is -2.70. The van der Waals surface area contributed by atoms with Crippen LogP contribution in [0, 0.1) is 0 Å². The molecule has 0 fully saturated rings. The van der Waals surface area contributed by atoms with Crippen LogP contribution in [0.4, 0.5) is 0 Å². The average Bonchev–Trinajstić information content (AvgIpc) is 2.74. The summed E-state index contributed by atoms with van der Waals surface area (Å²) in [4.78, 5) is 37.8. The van der Waals surface area contributed by atoms with Crippen LogP contribution in [0.5, 0.6) is 11.5 Å². The van der Waals surface area contributed by atoms with Gasteiger partial charge < -0.3 is 9.47 Å². The summed E-state index contributed by atoms with van der Waals surface area (Å²) in [5.41, 5.74) is 1.45. The second kappa shape index (κ2) is 7.94. The van der Waals surface area contributed by atoms with Crippen LogP contribution >= 0.6 is 0 Å². The van der Waals surface area contributed by atoms with E-state index in [0.29, 0.717) is 5.56 Å². The molecule has 1 atom stereocenters. The molecular formula is C24H16O5. The number of rotatable bonds is 4. The fourth-order valence-corrected chi connectivity index (χ4v) is 3.15. The third-order valence-corrected chi connectivity index (χ3v) is 4.50. The second-order valence-electron chi connectivity index (χ2n) is 6.42. The van der Waals surface area contributed by atoms with Gasteiger partial charge in [0.15, 0.2) is 5.78 Å². The Morgan fingerprint density at radius 3 is 2.28 bits per heavy atom. The first kappa shape index (κ1) is 18.4. The fraction of sp³-hybridized carbons (Fsp3) is 0.0417. The number of esters is 2. The molecule has 5 nitrogen and oxygen atoms in total. The molecule has 0 amide bonds. The van der Waals surface area contributed by atoms with Gasteiger partial charge in [0.05, 0.1) is 0 Å². The minimum Gasteiger partial charge on any atom is -0.425 e. The van der Waals surface area contributed by atoms with E-state index in [0.717, 1.165) is 5.56 Å². The zero-order valence-corrected chi connectivity index (χ0v) is 15.3. The van der Waals surface area contributed by atoms with Crippen LogP contribution in [0.15, 0.2) is 84.9 Å². The van der Waals surface area contributed by atoms with Gasteiger partial charge in [0.1, 0.15) is 23.0 Å². The number of ketones is 1. The molecule has 5 heteroatoms. The van der Waals surface area contributed by atoms with E-state index in [-0.39, 0.29) is 17.1 Å². The Labute approximate surface area is 167 Å². The SMILES string of the molecule is O=C(C=Cc1ccccc1)Oc1cccc2c1C(=O)C(c1ccccc1)C(=O)O2. The van der Waals surface area contributed by atoms with Crippen LogP contribution in [0.25, 0.3) is 6.08 Å². The van der Waals surface area contributed by atoms with Crippen LogP contribution in [-0.2, 0) is 9.59 Å². The maximum atomic E-state index is 13.1. The number of hydrogen-bond acceptors (Lipinski definition) is 5. The summed E-state index contributed by atoms with van der Waals surface area (Å²) in [6.45, 7) is 0. The van der Waals surface area contributed by atoms with Gasteiger partial charge in [0.25, 0.3) is 0 Å². The maximum Gasteiger partial charge on any atom is 0.336 e. The minimum absolute atomic E-state index is 0.0589. The molecule has 29 heavy (non-hydrogen) atoms. The topological polar surface area (TPSA) is 69.7 Å². The van der Waals surface area contributed by atoms with Crippen molar-refractivity contribution in [2.24, 2.45) is 0 Å². The molecule has 0 spiro atoms. The molecule has 0 aromatic heterocycles. The third kappa shape index (κ3) is 3.84. The lowest BCUT2D eigenvalue weighted by molar-refractivity contribution is -0.135. The number of carbonyl (C=O) groups is 3. The fourth-order valence-electron chi connectivity index (χ4n) is 3.15. The Morgan fingerprint density at radius 1 is 0.862 bits per heavy atom. The lowest BCUT2D eigenvalue weighted by atomic mass is 9.88. The van der Waals surface area contributed by atoms with Crippen molar-refractivity contribution in [1.82, 2.24) is 0 Å². The molecule has 3 aromatic rings. The number of hydrogen-bond donors (Lipinski definition) is 0. The number of benzene rings is 3. The molecule has 3 aromatic carbocycles. The van der Waals surface area contributed by atoms with E-state index in [1.807, 2.05) is 30.3 Å². The summed E-state index contributed by atoms with van der Waals surface area (Å²) < 4.78 is 10.7. The molecule has 0 N–H and O–H groups in total. The van der Waals surface area contributed by atoms with Gasteiger partial charge in [-0.2, -0.15) is 0 Å². The van der Waals surface area contributed by atoms with Gasteiger partial charge in [-0.15, -0.1) is 0 Å². The highest BCUT2D eigenvalue weighted by Crippen LogP contribution is 2.38. The van der Waals surface area contributed by atoms with E-state index in [2.05, 4.69) is 0 Å². The van der Waals surface area contributed by atoms with E-state index >= 15 is 0 Å². The van der Waals surface area contributed by atoms with Crippen molar-refractivity contribution in [2.45, 2.75) is 5.92 Å². The van der Waals surface area contributed by atoms with Gasteiger partial charge in [0, 0.05) is 6.08 Å². The molecule has 0 aliphatic carbocycles. The first-order valence-corrected chi connectivity index (χ1v) is 9.02. The van der Waals surface area contributed by atoms with E-state index in [1.54, 1.807) is 42.5 Å². The summed E-state index contributed by atoms with van der Waals surface area (Å²) in [5, 5.41) is 0. The monoisotopic (exact) mass is 384 g/mol. The van der Waals surface area contributed by atoms with E-state index in [4.69, 9.17) is 9.47 Å². The Balaban J connectivity index is 1.62. The van der Waals surface area contributed by atoms with Crippen LogP contribution in [0.3, 0.4) is 0 Å². The molecule has 4 rings (SSSR count). The minimum atomic E-state index is -1.09. The molecule has 1 unspecified atom stereocenters. The van der Waals surface area contributed by atoms with Crippen molar-refractivity contribution >= 4 is 23.8 Å². The van der Waals surface area contributed by atoms with Crippen molar-refractivity contribution in [2.75, 3.05) is 0 Å². The summed E-state index contributed by atoms with van der Waals surface area (Å²) >= 11 is 0. The van der Waals surface area contributed by atoms with Crippen LogP contribution in [0.1, 0.15) is 27.4 Å². The normalized spacial score (nSPS) is 15.7. The first-order valence-electron chi connectivity index (χ1n) is 9.02. The Morgan fingerprint density at radius 2 is 1.55 bits per heavy atom. The van der Waals surface area contributed by atoms with Crippen LogP contribution in [0.2, 0.25) is 0 Å². The Hall–Kier alpha value is -3.99. The van der Waals surface area contributed by atoms with Crippen molar-refractivity contribution < 1.29 is 23.9 Å². The van der Waals surface area contributed by atoms with E-state index < -0.39 is 23.6 Å². The van der Waals surface area contributed by atoms with Crippen molar-refractivity contribution in [1.29, 1.82) is 0 Å². The maximum absolute atomic E-state index is 13.1. The Kier molecular flexibility index (Phi) is 5.03. The predicted molar refractivity (Wildman–Crippen MR) is 107 cm³/mol. The highest BCUT2D eigenvalue weighted by molar-refractivity contribution is 6.18. The zero-order chi connectivity index (χ0) is 20.2. The van der Waals surface area contributed by atoms with Gasteiger partial charge in [-0.3, -0.25) is 9.59 Å². The predicted octanol–water partition coefficient (Wildman–Crippen LogP) is 4.19. The largest absolute Gasteiger partial charge is 0.425 e. The smallest absolute Gasteiger partial charge is 0.336 e. The number of fused-ring (bicyclic) bond motifs is 1. The van der Waals surface area contributed by atoms with Crippen LogP contribution < -0.4 is 9.47 Å². The lowest BCUT2D eigenvalue weighted by Crippen LogP contribution is -2.32. The molecule has 0 bridgehead atoms. The highest BCUT2D eigenvalue weighted by Gasteiger charge is 2.39. The average molecular weight is 384 g/mol. The van der Waals surface area contributed by atoms with Gasteiger partial charge in [0.2, 0.25) is 0 Å². The van der Waals surface area contributed by atoms with Gasteiger partial charge >= 0.3 is 11.9 Å². The van der Waals surface area contributed by atoms with E-state index in [9.17, 15) is 14.4 Å². The zero-order valence-electron chi connectivity index (χ0n) is 15.3. The lowest BCUT2D eigenvalue weighted by Gasteiger charge is -2.23. The molecule has 1 aliphatic rings. The third-order valence-electron chi connectivity index (χ3n) is 4.50. The quantitative estimate of drug-likeness (QED) is 0.292. The molecule has 1 heterocycles. The second-order valence-corrected chi connectivity index (χ2v) is 6.42. The standard InChI is InChI=1S/C24H16O5/c25-20(15-14-16-8-3-1-4-9-16)28-18-12-7-13-19-22(18)23(26)21(24(27)29-19)17-10-5-2-6-11-17/h1-15,21H. The van der Waals surface area contributed by atoms with Gasteiger partial charge in [-0.1, -0.05) is 66.7 Å². The molecular weight excluding hydrogens is 368 g/mol. The molecule has 0 radical (unpaired) electrons. The van der Waals surface area contributed by atoms with Crippen molar-refractivity contribution in [3.05, 3.63) is 102 Å². The van der Waals surface area contributed by atoms with Gasteiger partial charge in [-0.05, 0) is 29.3 Å². The van der Waals surface area contributed by atoms with Crippen molar-refractivity contribution in [3.63, 3.8) is 0 Å². The molecule has 0 saturated carbocycles. The Bertz CT molecular complexity index is 1100. The molecule has 1 aliphatic heterocycles. The number of Topliss-reactive ketones (excluding diaryl/α,β-unsaturated/α-hetero) is 1. The van der Waals surface area contributed by atoms with E-state index in [1.165, 1.54) is 18.2 Å². The van der Waals surface area contributed by atoms with Gasteiger partial charge in [-0.25, -0.2) is 4.79 Å². The molecule has 142 valence electrons. The highest BCUT2D eigenvalue weighted by atomic mass is 16.5. The van der Waals surface area contributed by atoms with Crippen LogP contribution in [-0.4, -0.2) is 17.7 Å². The summed E-state index contributed by atoms with van der Waals surface area (Å²) in [6, 6.07) is 22.5. The van der Waals surface area contributed by atoms with Crippen molar-refractivity contribution in [3.8, 4) is 11.5 Å². The molecule has 0 saturated heterocycles. The first-order chi connectivity index (χ1) is 14.1. The number of ether oxygens (including phenoxy) is 2. The number of carbonyl (C=O) groups excluding carboxylic acids is 3.